The van der Waals surface area contributed by atoms with Gasteiger partial charge in [-0.25, -0.2) is 0 Å². The number of carbonyl (C=O) groups is 1. The second-order valence-corrected chi connectivity index (χ2v) is 5.27. The van der Waals surface area contributed by atoms with Gasteiger partial charge in [-0.2, -0.15) is 0 Å². The van der Waals surface area contributed by atoms with Crippen LogP contribution in [0.2, 0.25) is 0 Å². The second kappa shape index (κ2) is 6.97. The number of hydrogen-bond acceptors (Lipinski definition) is 3. The van der Waals surface area contributed by atoms with Gasteiger partial charge < -0.3 is 15.1 Å². The molecule has 1 aliphatic heterocycles. The summed E-state index contributed by atoms with van der Waals surface area (Å²) < 4.78 is 0. The topological polar surface area (TPSA) is 35.6 Å². The Labute approximate surface area is 105 Å². The van der Waals surface area contributed by atoms with E-state index in [-0.39, 0.29) is 5.92 Å². The van der Waals surface area contributed by atoms with Crippen LogP contribution in [-0.4, -0.2) is 62.0 Å². The number of amides is 1. The lowest BCUT2D eigenvalue weighted by atomic mass is 10.0. The predicted molar refractivity (Wildman–Crippen MR) is 71.0 cm³/mol. The Bertz CT molecular complexity index is 243. The number of carbonyl (C=O) groups excluding carboxylic acids is 1. The first-order valence-corrected chi connectivity index (χ1v) is 6.73. The van der Waals surface area contributed by atoms with Crippen molar-refractivity contribution in [3.63, 3.8) is 0 Å². The van der Waals surface area contributed by atoms with E-state index in [4.69, 9.17) is 0 Å². The first-order chi connectivity index (χ1) is 8.06. The van der Waals surface area contributed by atoms with Crippen molar-refractivity contribution in [2.75, 3.05) is 40.3 Å². The van der Waals surface area contributed by atoms with Gasteiger partial charge in [0.1, 0.15) is 0 Å². The summed E-state index contributed by atoms with van der Waals surface area (Å²) in [5, 5.41) is 3.35. The van der Waals surface area contributed by atoms with Crippen LogP contribution in [0, 0.1) is 5.92 Å². The lowest BCUT2D eigenvalue weighted by molar-refractivity contribution is -0.135. The van der Waals surface area contributed by atoms with Gasteiger partial charge in [0.2, 0.25) is 5.91 Å². The van der Waals surface area contributed by atoms with Gasteiger partial charge in [-0.3, -0.25) is 4.79 Å². The predicted octanol–water partition coefficient (Wildman–Crippen LogP) is 0.785. The highest BCUT2D eigenvalue weighted by molar-refractivity contribution is 5.79. The summed E-state index contributed by atoms with van der Waals surface area (Å²) in [6.45, 7) is 7.90. The first-order valence-electron chi connectivity index (χ1n) is 6.73. The summed E-state index contributed by atoms with van der Waals surface area (Å²) in [7, 11) is 4.10. The Hall–Kier alpha value is -0.610. The molecule has 0 bridgehead atoms. The molecule has 1 saturated heterocycles. The molecule has 4 nitrogen and oxygen atoms in total. The number of hydrogen-bond donors (Lipinski definition) is 1. The largest absolute Gasteiger partial charge is 0.341 e. The van der Waals surface area contributed by atoms with Crippen molar-refractivity contribution in [1.29, 1.82) is 0 Å². The Morgan fingerprint density at radius 1 is 1.29 bits per heavy atom. The van der Waals surface area contributed by atoms with Crippen LogP contribution < -0.4 is 5.32 Å². The summed E-state index contributed by atoms with van der Waals surface area (Å²) >= 11 is 0. The van der Waals surface area contributed by atoms with Crippen molar-refractivity contribution in [2.24, 2.45) is 5.92 Å². The summed E-state index contributed by atoms with van der Waals surface area (Å²) in [6.07, 6.45) is 2.02. The van der Waals surface area contributed by atoms with Crippen molar-refractivity contribution < 1.29 is 4.79 Å². The number of likely N-dealkylation sites (N-methyl/N-ethyl adjacent to an activating group) is 1. The van der Waals surface area contributed by atoms with Gasteiger partial charge in [0.25, 0.3) is 0 Å². The molecule has 1 fully saturated rings. The molecule has 1 rings (SSSR count). The standard InChI is InChI=1S/C13H27N3O/c1-5-8-16(10-9-15(3)4)13(17)12-6-7-14-11(12)2/h11-12,14H,5-10H2,1-4H3. The molecule has 0 radical (unpaired) electrons. The smallest absolute Gasteiger partial charge is 0.227 e. The maximum atomic E-state index is 12.4. The molecule has 1 amide bonds. The Balaban J connectivity index is 2.53. The van der Waals surface area contributed by atoms with Gasteiger partial charge in [0.15, 0.2) is 0 Å². The van der Waals surface area contributed by atoms with Crippen LogP contribution in [0.1, 0.15) is 26.7 Å². The Kier molecular flexibility index (Phi) is 5.92. The normalized spacial score (nSPS) is 24.3. The molecule has 100 valence electrons. The molecule has 1 heterocycles. The van der Waals surface area contributed by atoms with E-state index < -0.39 is 0 Å². The highest BCUT2D eigenvalue weighted by atomic mass is 16.2. The van der Waals surface area contributed by atoms with Crippen LogP contribution in [0.5, 0.6) is 0 Å². The van der Waals surface area contributed by atoms with Gasteiger partial charge in [0, 0.05) is 25.7 Å². The lowest BCUT2D eigenvalue weighted by Gasteiger charge is -2.28. The quantitative estimate of drug-likeness (QED) is 0.746. The maximum absolute atomic E-state index is 12.4. The zero-order chi connectivity index (χ0) is 12.8. The van der Waals surface area contributed by atoms with Crippen molar-refractivity contribution in [2.45, 2.75) is 32.7 Å². The van der Waals surface area contributed by atoms with Gasteiger partial charge >= 0.3 is 0 Å². The van der Waals surface area contributed by atoms with E-state index in [1.54, 1.807) is 0 Å². The summed E-state index contributed by atoms with van der Waals surface area (Å²) in [6, 6.07) is 0.334. The van der Waals surface area contributed by atoms with Gasteiger partial charge in [0.05, 0.1) is 5.92 Å². The minimum atomic E-state index is 0.184. The molecule has 17 heavy (non-hydrogen) atoms. The second-order valence-electron chi connectivity index (χ2n) is 5.27. The maximum Gasteiger partial charge on any atom is 0.227 e. The van der Waals surface area contributed by atoms with E-state index in [9.17, 15) is 4.79 Å². The van der Waals surface area contributed by atoms with Crippen molar-refractivity contribution in [3.8, 4) is 0 Å². The molecule has 2 atom stereocenters. The molecule has 4 heteroatoms. The Morgan fingerprint density at radius 3 is 2.47 bits per heavy atom. The molecule has 1 N–H and O–H groups in total. The van der Waals surface area contributed by atoms with E-state index >= 15 is 0 Å². The monoisotopic (exact) mass is 241 g/mol. The van der Waals surface area contributed by atoms with Crippen molar-refractivity contribution in [3.05, 3.63) is 0 Å². The third-order valence-corrected chi connectivity index (χ3v) is 3.46. The number of nitrogens with zero attached hydrogens (tertiary/aromatic N) is 2. The molecule has 2 unspecified atom stereocenters. The molecule has 0 aromatic rings. The first kappa shape index (κ1) is 14.5. The highest BCUT2D eigenvalue weighted by Gasteiger charge is 2.32. The number of nitrogens with one attached hydrogen (secondary N) is 1. The highest BCUT2D eigenvalue weighted by Crippen LogP contribution is 2.18. The van der Waals surface area contributed by atoms with E-state index in [1.165, 1.54) is 0 Å². The number of rotatable bonds is 6. The zero-order valence-electron chi connectivity index (χ0n) is 11.7. The Morgan fingerprint density at radius 2 is 2.00 bits per heavy atom. The van der Waals surface area contributed by atoms with E-state index in [0.717, 1.165) is 39.0 Å². The fourth-order valence-electron chi connectivity index (χ4n) is 2.35. The van der Waals surface area contributed by atoms with Crippen LogP contribution in [0.3, 0.4) is 0 Å². The minimum Gasteiger partial charge on any atom is -0.341 e. The molecule has 0 saturated carbocycles. The van der Waals surface area contributed by atoms with Crippen LogP contribution in [0.15, 0.2) is 0 Å². The average molecular weight is 241 g/mol. The summed E-state index contributed by atoms with van der Waals surface area (Å²) in [4.78, 5) is 16.6. The summed E-state index contributed by atoms with van der Waals surface area (Å²) in [5.41, 5.74) is 0. The molecular weight excluding hydrogens is 214 g/mol. The molecule has 0 aromatic heterocycles. The van der Waals surface area contributed by atoms with Gasteiger partial charge in [-0.05, 0) is 40.4 Å². The molecular formula is C13H27N3O. The van der Waals surface area contributed by atoms with E-state index in [2.05, 4.69) is 24.1 Å². The SMILES string of the molecule is CCCN(CCN(C)C)C(=O)C1CCNC1C. The lowest BCUT2D eigenvalue weighted by Crippen LogP contribution is -2.43. The van der Waals surface area contributed by atoms with Crippen LogP contribution >= 0.6 is 0 Å². The molecule has 1 aliphatic rings. The average Bonchev–Trinajstić information content (AvgIpc) is 2.69. The van der Waals surface area contributed by atoms with Crippen molar-refractivity contribution >= 4 is 5.91 Å². The molecule has 0 aliphatic carbocycles. The fourth-order valence-corrected chi connectivity index (χ4v) is 2.35. The zero-order valence-corrected chi connectivity index (χ0v) is 11.7. The van der Waals surface area contributed by atoms with Crippen LogP contribution in [0.25, 0.3) is 0 Å². The van der Waals surface area contributed by atoms with Gasteiger partial charge in [-0.15, -0.1) is 0 Å². The molecule has 0 aromatic carbocycles. The molecule has 0 spiro atoms. The third-order valence-electron chi connectivity index (χ3n) is 3.46. The fraction of sp³-hybridized carbons (Fsp3) is 0.923. The van der Waals surface area contributed by atoms with Crippen LogP contribution in [0.4, 0.5) is 0 Å². The minimum absolute atomic E-state index is 0.184. The van der Waals surface area contributed by atoms with Crippen LogP contribution in [-0.2, 0) is 4.79 Å². The third kappa shape index (κ3) is 4.28. The van der Waals surface area contributed by atoms with E-state index in [1.807, 2.05) is 19.0 Å². The van der Waals surface area contributed by atoms with Crippen molar-refractivity contribution in [1.82, 2.24) is 15.1 Å². The summed E-state index contributed by atoms with van der Waals surface area (Å²) in [5.74, 6) is 0.523. The van der Waals surface area contributed by atoms with Gasteiger partial charge in [-0.1, -0.05) is 6.92 Å². The van der Waals surface area contributed by atoms with E-state index in [0.29, 0.717) is 11.9 Å².